The van der Waals surface area contributed by atoms with Gasteiger partial charge in [0.05, 0.1) is 0 Å². The van der Waals surface area contributed by atoms with E-state index in [0.717, 1.165) is 42.0 Å². The normalized spacial score (nSPS) is 19.5. The number of nitrogens with zero attached hydrogens (tertiary/aromatic N) is 2. The number of anilines is 2. The number of hydrogen-bond donors (Lipinski definition) is 2. The highest BCUT2D eigenvalue weighted by molar-refractivity contribution is 5.57. The third kappa shape index (κ3) is 3.66. The maximum Gasteiger partial charge on any atom is 0.136 e. The first-order valence-corrected chi connectivity index (χ1v) is 8.64. The summed E-state index contributed by atoms with van der Waals surface area (Å²) in [4.78, 5) is 9.52. The van der Waals surface area contributed by atoms with Crippen LogP contribution in [-0.2, 0) is 0 Å². The Morgan fingerprint density at radius 1 is 0.952 bits per heavy atom. The molecule has 21 heavy (non-hydrogen) atoms. The number of rotatable bonds is 6. The van der Waals surface area contributed by atoms with Gasteiger partial charge < -0.3 is 10.6 Å². The van der Waals surface area contributed by atoms with Crippen molar-refractivity contribution in [3.8, 4) is 0 Å². The molecule has 1 heterocycles. The molecule has 4 heteroatoms. The van der Waals surface area contributed by atoms with Crippen molar-refractivity contribution in [3.63, 3.8) is 0 Å². The molecular weight excluding hydrogens is 260 g/mol. The molecule has 0 spiro atoms. The second kappa shape index (κ2) is 6.63. The average Bonchev–Trinajstić information content (AvgIpc) is 3.34. The molecule has 1 aromatic heterocycles. The maximum atomic E-state index is 4.80. The summed E-state index contributed by atoms with van der Waals surface area (Å²) in [6, 6.07) is 0. The predicted octanol–water partition coefficient (Wildman–Crippen LogP) is 4.09. The highest BCUT2D eigenvalue weighted by Crippen LogP contribution is 2.39. The van der Waals surface area contributed by atoms with Gasteiger partial charge in [-0.05, 0) is 45.4 Å². The minimum Gasteiger partial charge on any atom is -0.370 e. The minimum absolute atomic E-state index is 0.596. The monoisotopic (exact) mass is 288 g/mol. The zero-order valence-electron chi connectivity index (χ0n) is 13.4. The Morgan fingerprint density at radius 3 is 2.24 bits per heavy atom. The van der Waals surface area contributed by atoms with Crippen LogP contribution in [0.5, 0.6) is 0 Å². The van der Waals surface area contributed by atoms with Crippen molar-refractivity contribution >= 4 is 11.6 Å². The summed E-state index contributed by atoms with van der Waals surface area (Å²) in [7, 11) is 0. The van der Waals surface area contributed by atoms with E-state index < -0.39 is 0 Å². The Bertz CT molecular complexity index is 476. The quantitative estimate of drug-likeness (QED) is 0.828. The number of nitrogens with one attached hydrogen (secondary N) is 2. The maximum absolute atomic E-state index is 4.80. The Labute approximate surface area is 128 Å². The van der Waals surface area contributed by atoms with Gasteiger partial charge in [0.15, 0.2) is 0 Å². The molecule has 1 aromatic rings. The first kappa shape index (κ1) is 14.6. The van der Waals surface area contributed by atoms with E-state index in [1.54, 1.807) is 0 Å². The van der Waals surface area contributed by atoms with Gasteiger partial charge in [0.2, 0.25) is 0 Å². The first-order chi connectivity index (χ1) is 10.3. The lowest BCUT2D eigenvalue weighted by Crippen LogP contribution is -2.19. The van der Waals surface area contributed by atoms with E-state index >= 15 is 0 Å². The van der Waals surface area contributed by atoms with Crippen LogP contribution in [0, 0.1) is 12.8 Å². The van der Waals surface area contributed by atoms with Crippen LogP contribution in [0.3, 0.4) is 0 Å². The van der Waals surface area contributed by atoms with Crippen LogP contribution in [-0.4, -0.2) is 23.1 Å². The topological polar surface area (TPSA) is 49.8 Å². The van der Waals surface area contributed by atoms with Gasteiger partial charge in [0, 0.05) is 24.6 Å². The largest absolute Gasteiger partial charge is 0.370 e. The highest BCUT2D eigenvalue weighted by atomic mass is 15.1. The fourth-order valence-electron chi connectivity index (χ4n) is 3.20. The first-order valence-electron chi connectivity index (χ1n) is 8.64. The van der Waals surface area contributed by atoms with Gasteiger partial charge >= 0.3 is 0 Å². The fraction of sp³-hybridized carbons (Fsp3) is 0.765. The molecular formula is C17H28N4. The smallest absolute Gasteiger partial charge is 0.136 e. The lowest BCUT2D eigenvalue weighted by Gasteiger charge is -2.23. The average molecular weight is 288 g/mol. The van der Waals surface area contributed by atoms with Crippen molar-refractivity contribution in [1.82, 2.24) is 9.97 Å². The minimum atomic E-state index is 0.596. The summed E-state index contributed by atoms with van der Waals surface area (Å²) >= 11 is 0. The van der Waals surface area contributed by atoms with E-state index in [4.69, 9.17) is 9.97 Å². The van der Waals surface area contributed by atoms with Gasteiger partial charge in [-0.15, -0.1) is 0 Å². The van der Waals surface area contributed by atoms with Crippen LogP contribution in [0.1, 0.15) is 69.2 Å². The van der Waals surface area contributed by atoms with Crippen LogP contribution < -0.4 is 10.6 Å². The second-order valence-corrected chi connectivity index (χ2v) is 6.59. The predicted molar refractivity (Wildman–Crippen MR) is 88.0 cm³/mol. The summed E-state index contributed by atoms with van der Waals surface area (Å²) in [5.74, 6) is 4.51. The van der Waals surface area contributed by atoms with Gasteiger partial charge in [-0.3, -0.25) is 0 Å². The molecule has 0 atom stereocenters. The van der Waals surface area contributed by atoms with E-state index in [9.17, 15) is 0 Å². The molecule has 116 valence electrons. The summed E-state index contributed by atoms with van der Waals surface area (Å²) in [5.41, 5.74) is 1.16. The summed E-state index contributed by atoms with van der Waals surface area (Å²) in [6.07, 6.45) is 9.43. The number of hydrogen-bond acceptors (Lipinski definition) is 4. The van der Waals surface area contributed by atoms with Gasteiger partial charge in [0.1, 0.15) is 17.5 Å². The third-order valence-electron chi connectivity index (χ3n) is 4.73. The van der Waals surface area contributed by atoms with Crippen LogP contribution in [0.15, 0.2) is 0 Å². The molecule has 0 radical (unpaired) electrons. The zero-order valence-corrected chi connectivity index (χ0v) is 13.4. The highest BCUT2D eigenvalue weighted by Gasteiger charge is 2.28. The van der Waals surface area contributed by atoms with Crippen molar-refractivity contribution < 1.29 is 0 Å². The van der Waals surface area contributed by atoms with Gasteiger partial charge in [-0.2, -0.15) is 0 Å². The molecule has 3 rings (SSSR count). The third-order valence-corrected chi connectivity index (χ3v) is 4.73. The van der Waals surface area contributed by atoms with Crippen LogP contribution in [0.25, 0.3) is 0 Å². The molecule has 0 saturated heterocycles. The summed E-state index contributed by atoms with van der Waals surface area (Å²) < 4.78 is 0. The van der Waals surface area contributed by atoms with Crippen molar-refractivity contribution in [2.45, 2.75) is 64.7 Å². The lowest BCUT2D eigenvalue weighted by atomic mass is 9.89. The molecule has 0 bridgehead atoms. The van der Waals surface area contributed by atoms with Gasteiger partial charge in [-0.1, -0.05) is 19.3 Å². The fourth-order valence-corrected chi connectivity index (χ4v) is 3.20. The van der Waals surface area contributed by atoms with Crippen LogP contribution >= 0.6 is 0 Å². The van der Waals surface area contributed by atoms with Crippen molar-refractivity contribution in [2.75, 3.05) is 23.7 Å². The summed E-state index contributed by atoms with van der Waals surface area (Å²) in [5, 5.41) is 7.00. The molecule has 0 amide bonds. The molecule has 2 saturated carbocycles. The second-order valence-electron chi connectivity index (χ2n) is 6.59. The lowest BCUT2D eigenvalue weighted by molar-refractivity contribution is 0.373. The Kier molecular flexibility index (Phi) is 4.61. The molecule has 2 N–H and O–H groups in total. The van der Waals surface area contributed by atoms with E-state index in [1.807, 2.05) is 0 Å². The molecule has 2 aliphatic carbocycles. The standard InChI is InChI=1S/C17H28N4/c1-3-18-15-12(2)16(21-17(20-15)14-9-10-14)19-11-13-7-5-4-6-8-13/h13-14H,3-11H2,1-2H3,(H2,18,19,20,21). The zero-order chi connectivity index (χ0) is 14.7. The van der Waals surface area contributed by atoms with Crippen LogP contribution in [0.2, 0.25) is 0 Å². The van der Waals surface area contributed by atoms with Crippen molar-refractivity contribution in [3.05, 3.63) is 11.4 Å². The molecule has 0 aromatic carbocycles. The Morgan fingerprint density at radius 2 is 1.62 bits per heavy atom. The number of aromatic nitrogens is 2. The summed E-state index contributed by atoms with van der Waals surface area (Å²) in [6.45, 7) is 6.21. The SMILES string of the molecule is CCNc1nc(C2CC2)nc(NCC2CCCCC2)c1C. The van der Waals surface area contributed by atoms with Gasteiger partial charge in [-0.25, -0.2) is 9.97 Å². The molecule has 2 fully saturated rings. The Hall–Kier alpha value is -1.32. The van der Waals surface area contributed by atoms with E-state index in [1.165, 1.54) is 44.9 Å². The molecule has 0 aliphatic heterocycles. The molecule has 2 aliphatic rings. The van der Waals surface area contributed by atoms with E-state index in [-0.39, 0.29) is 0 Å². The van der Waals surface area contributed by atoms with E-state index in [0.29, 0.717) is 5.92 Å². The van der Waals surface area contributed by atoms with E-state index in [2.05, 4.69) is 24.5 Å². The van der Waals surface area contributed by atoms with Crippen molar-refractivity contribution in [2.24, 2.45) is 5.92 Å². The Balaban J connectivity index is 1.72. The van der Waals surface area contributed by atoms with Crippen molar-refractivity contribution in [1.29, 1.82) is 0 Å². The molecule has 4 nitrogen and oxygen atoms in total. The molecule has 0 unspecified atom stereocenters. The van der Waals surface area contributed by atoms with Crippen LogP contribution in [0.4, 0.5) is 11.6 Å². The van der Waals surface area contributed by atoms with Gasteiger partial charge in [0.25, 0.3) is 0 Å².